The van der Waals surface area contributed by atoms with Crippen molar-refractivity contribution in [1.82, 2.24) is 9.29 Å². The standard InChI is InChI=1S/C15H24N4O4S/c20-10-7-17-3-5-18(6-4-17)14-1-2-16-13-15(14)24(21,22)19-8-11-23-12-9-19/h1-2,13,20H,3-12H2/p+1. The first kappa shape index (κ1) is 17.6. The predicted octanol–water partition coefficient (Wildman–Crippen LogP) is -2.20. The molecular formula is C15H25N4O4S+. The summed E-state index contributed by atoms with van der Waals surface area (Å²) in [5.74, 6) is 0. The third kappa shape index (κ3) is 3.70. The number of nitrogens with one attached hydrogen (secondary N) is 1. The molecule has 0 atom stereocenters. The van der Waals surface area contributed by atoms with Gasteiger partial charge in [0.25, 0.3) is 0 Å². The summed E-state index contributed by atoms with van der Waals surface area (Å²) < 4.78 is 32.7. The Balaban J connectivity index is 1.81. The third-order valence-electron chi connectivity index (χ3n) is 4.63. The molecule has 3 rings (SSSR count). The average Bonchev–Trinajstić information content (AvgIpc) is 2.63. The molecule has 2 aliphatic rings. The lowest BCUT2D eigenvalue weighted by atomic mass is 10.2. The van der Waals surface area contributed by atoms with Gasteiger partial charge in [0.2, 0.25) is 10.0 Å². The third-order valence-corrected chi connectivity index (χ3v) is 6.54. The maximum absolute atomic E-state index is 13.0. The van der Waals surface area contributed by atoms with Gasteiger partial charge in [-0.25, -0.2) is 8.42 Å². The molecule has 2 N–H and O–H groups in total. The molecule has 0 aliphatic carbocycles. The van der Waals surface area contributed by atoms with E-state index in [1.165, 1.54) is 15.4 Å². The Kier molecular flexibility index (Phi) is 5.67. The molecule has 0 bridgehead atoms. The summed E-state index contributed by atoms with van der Waals surface area (Å²) in [6.07, 6.45) is 3.09. The van der Waals surface area contributed by atoms with Crippen molar-refractivity contribution in [3.8, 4) is 0 Å². The molecular weight excluding hydrogens is 332 g/mol. The van der Waals surface area contributed by atoms with E-state index in [0.29, 0.717) is 26.3 Å². The number of morpholine rings is 1. The SMILES string of the molecule is O=S(=O)(c1cnccc1N1CC[NH+](CCO)CC1)N1CCOCC1. The molecule has 3 heterocycles. The van der Waals surface area contributed by atoms with Gasteiger partial charge in [0.05, 0.1) is 51.7 Å². The first-order chi connectivity index (χ1) is 11.6. The van der Waals surface area contributed by atoms with Crippen LogP contribution in [0, 0.1) is 0 Å². The summed E-state index contributed by atoms with van der Waals surface area (Å²) in [7, 11) is -3.56. The second-order valence-electron chi connectivity index (χ2n) is 6.07. The monoisotopic (exact) mass is 357 g/mol. The lowest BCUT2D eigenvalue weighted by Gasteiger charge is -2.35. The van der Waals surface area contributed by atoms with Crippen LogP contribution < -0.4 is 9.80 Å². The lowest BCUT2D eigenvalue weighted by molar-refractivity contribution is -0.900. The van der Waals surface area contributed by atoms with E-state index in [2.05, 4.69) is 9.88 Å². The molecule has 24 heavy (non-hydrogen) atoms. The molecule has 0 amide bonds. The minimum absolute atomic E-state index is 0.182. The summed E-state index contributed by atoms with van der Waals surface area (Å²) in [5.41, 5.74) is 0.722. The molecule has 0 spiro atoms. The zero-order valence-electron chi connectivity index (χ0n) is 13.7. The van der Waals surface area contributed by atoms with E-state index in [0.717, 1.165) is 38.4 Å². The molecule has 2 fully saturated rings. The van der Waals surface area contributed by atoms with Crippen molar-refractivity contribution in [3.63, 3.8) is 0 Å². The fourth-order valence-corrected chi connectivity index (χ4v) is 4.79. The minimum Gasteiger partial charge on any atom is -0.391 e. The van der Waals surface area contributed by atoms with Gasteiger partial charge in [-0.05, 0) is 6.07 Å². The van der Waals surface area contributed by atoms with Gasteiger partial charge in [-0.3, -0.25) is 4.98 Å². The number of hydrogen-bond donors (Lipinski definition) is 2. The van der Waals surface area contributed by atoms with Crippen LogP contribution in [0.15, 0.2) is 23.4 Å². The molecule has 2 saturated heterocycles. The molecule has 1 aromatic heterocycles. The Bertz CT molecular complexity index is 641. The molecule has 0 unspecified atom stereocenters. The number of aliphatic hydroxyl groups is 1. The second-order valence-corrected chi connectivity index (χ2v) is 7.98. The summed E-state index contributed by atoms with van der Waals surface area (Å²) in [5, 5.41) is 9.06. The van der Waals surface area contributed by atoms with Gasteiger partial charge in [0, 0.05) is 25.5 Å². The van der Waals surface area contributed by atoms with E-state index in [1.54, 1.807) is 12.3 Å². The number of piperazine rings is 1. The number of ether oxygens (including phenoxy) is 1. The number of pyridine rings is 1. The zero-order valence-corrected chi connectivity index (χ0v) is 14.5. The number of hydrogen-bond acceptors (Lipinski definition) is 6. The number of aliphatic hydroxyl groups excluding tert-OH is 1. The molecule has 8 nitrogen and oxygen atoms in total. The maximum atomic E-state index is 13.0. The van der Waals surface area contributed by atoms with Crippen molar-refractivity contribution >= 4 is 15.7 Å². The summed E-state index contributed by atoms with van der Waals surface area (Å²) in [6, 6.07) is 1.78. The van der Waals surface area contributed by atoms with Gasteiger partial charge in [-0.15, -0.1) is 0 Å². The van der Waals surface area contributed by atoms with E-state index >= 15 is 0 Å². The Hall–Kier alpha value is -1.26. The fourth-order valence-electron chi connectivity index (χ4n) is 3.23. The first-order valence-corrected chi connectivity index (χ1v) is 9.78. The van der Waals surface area contributed by atoms with Gasteiger partial charge in [0.15, 0.2) is 0 Å². The van der Waals surface area contributed by atoms with Gasteiger partial charge in [0.1, 0.15) is 11.4 Å². The Labute approximate surface area is 142 Å². The highest BCUT2D eigenvalue weighted by Crippen LogP contribution is 2.27. The quantitative estimate of drug-likeness (QED) is 0.622. The molecule has 0 saturated carbocycles. The number of aromatic nitrogens is 1. The van der Waals surface area contributed by atoms with Crippen LogP contribution in [0.3, 0.4) is 0 Å². The number of anilines is 1. The van der Waals surface area contributed by atoms with Crippen molar-refractivity contribution in [2.45, 2.75) is 4.90 Å². The van der Waals surface area contributed by atoms with Crippen LogP contribution >= 0.6 is 0 Å². The predicted molar refractivity (Wildman–Crippen MR) is 88.7 cm³/mol. The number of quaternary nitrogens is 1. The maximum Gasteiger partial charge on any atom is 0.246 e. The topological polar surface area (TPSA) is 87.4 Å². The highest BCUT2D eigenvalue weighted by molar-refractivity contribution is 7.89. The van der Waals surface area contributed by atoms with Crippen LogP contribution in [0.1, 0.15) is 0 Å². The molecule has 2 aliphatic heterocycles. The van der Waals surface area contributed by atoms with Crippen molar-refractivity contribution in [3.05, 3.63) is 18.5 Å². The summed E-state index contributed by atoms with van der Waals surface area (Å²) in [6.45, 7) is 5.85. The Morgan fingerprint density at radius 3 is 2.58 bits per heavy atom. The number of sulfonamides is 1. The van der Waals surface area contributed by atoms with Crippen LogP contribution in [0.5, 0.6) is 0 Å². The van der Waals surface area contributed by atoms with Crippen LogP contribution in [-0.4, -0.2) is 88.4 Å². The van der Waals surface area contributed by atoms with Gasteiger partial charge >= 0.3 is 0 Å². The Morgan fingerprint density at radius 1 is 1.21 bits per heavy atom. The molecule has 9 heteroatoms. The van der Waals surface area contributed by atoms with Crippen molar-refractivity contribution in [2.24, 2.45) is 0 Å². The first-order valence-electron chi connectivity index (χ1n) is 8.34. The fraction of sp³-hybridized carbons (Fsp3) is 0.667. The van der Waals surface area contributed by atoms with E-state index in [4.69, 9.17) is 9.84 Å². The van der Waals surface area contributed by atoms with E-state index in [-0.39, 0.29) is 11.5 Å². The van der Waals surface area contributed by atoms with Crippen LogP contribution in [0.25, 0.3) is 0 Å². The van der Waals surface area contributed by atoms with Crippen molar-refractivity contribution in [2.75, 3.05) is 70.5 Å². The smallest absolute Gasteiger partial charge is 0.246 e. The van der Waals surface area contributed by atoms with E-state index in [1.807, 2.05) is 0 Å². The number of rotatable bonds is 5. The van der Waals surface area contributed by atoms with E-state index in [9.17, 15) is 8.42 Å². The lowest BCUT2D eigenvalue weighted by Crippen LogP contribution is -3.15. The average molecular weight is 357 g/mol. The van der Waals surface area contributed by atoms with Crippen LogP contribution in [0.4, 0.5) is 5.69 Å². The summed E-state index contributed by atoms with van der Waals surface area (Å²) >= 11 is 0. The van der Waals surface area contributed by atoms with Crippen molar-refractivity contribution < 1.29 is 23.2 Å². The normalized spacial score (nSPS) is 21.1. The minimum atomic E-state index is -3.56. The Morgan fingerprint density at radius 2 is 1.92 bits per heavy atom. The van der Waals surface area contributed by atoms with Gasteiger partial charge in [-0.2, -0.15) is 4.31 Å². The largest absolute Gasteiger partial charge is 0.391 e. The van der Waals surface area contributed by atoms with Crippen molar-refractivity contribution in [1.29, 1.82) is 0 Å². The molecule has 0 radical (unpaired) electrons. The van der Waals surface area contributed by atoms with E-state index < -0.39 is 10.0 Å². The summed E-state index contributed by atoms with van der Waals surface area (Å²) in [4.78, 5) is 7.77. The van der Waals surface area contributed by atoms with Crippen LogP contribution in [-0.2, 0) is 14.8 Å². The highest BCUT2D eigenvalue weighted by Gasteiger charge is 2.31. The number of nitrogens with zero attached hydrogens (tertiary/aromatic N) is 3. The molecule has 134 valence electrons. The molecule has 0 aromatic carbocycles. The van der Waals surface area contributed by atoms with Crippen LogP contribution in [0.2, 0.25) is 0 Å². The van der Waals surface area contributed by atoms with Gasteiger partial charge < -0.3 is 19.6 Å². The zero-order chi connectivity index (χ0) is 17.0. The second kappa shape index (κ2) is 7.75. The molecule has 1 aromatic rings. The van der Waals surface area contributed by atoms with Gasteiger partial charge in [-0.1, -0.05) is 0 Å². The highest BCUT2D eigenvalue weighted by atomic mass is 32.2.